The summed E-state index contributed by atoms with van der Waals surface area (Å²) in [6.45, 7) is 5.62. The summed E-state index contributed by atoms with van der Waals surface area (Å²) < 4.78 is 3.42. The molecule has 1 amide bonds. The molecule has 2 aliphatic rings. The summed E-state index contributed by atoms with van der Waals surface area (Å²) >= 11 is 1.73. The predicted molar refractivity (Wildman–Crippen MR) is 111 cm³/mol. The van der Waals surface area contributed by atoms with E-state index in [-0.39, 0.29) is 17.6 Å². The van der Waals surface area contributed by atoms with Crippen LogP contribution in [-0.4, -0.2) is 26.3 Å². The van der Waals surface area contributed by atoms with Crippen molar-refractivity contribution in [1.82, 2.24) is 19.7 Å². The Morgan fingerprint density at radius 3 is 2.93 bits per heavy atom. The monoisotopic (exact) mass is 402 g/mol. The second kappa shape index (κ2) is 8.23. The molecule has 7 heteroatoms. The lowest BCUT2D eigenvalue weighted by Crippen LogP contribution is -2.36. The van der Waals surface area contributed by atoms with Gasteiger partial charge in [0.25, 0.3) is 5.91 Å². The Kier molecular flexibility index (Phi) is 5.71. The summed E-state index contributed by atoms with van der Waals surface area (Å²) in [6.07, 6.45) is 7.85. The van der Waals surface area contributed by atoms with E-state index >= 15 is 0 Å². The first-order valence-electron chi connectivity index (χ1n) is 10.6. The Morgan fingerprint density at radius 2 is 2.11 bits per heavy atom. The number of rotatable bonds is 5. The molecule has 0 aromatic carbocycles. The van der Waals surface area contributed by atoms with E-state index in [2.05, 4.69) is 24.3 Å². The van der Waals surface area contributed by atoms with Crippen molar-refractivity contribution in [3.05, 3.63) is 37.7 Å². The molecular weight excluding hydrogens is 372 g/mol. The van der Waals surface area contributed by atoms with E-state index in [9.17, 15) is 9.59 Å². The molecule has 1 unspecified atom stereocenters. The first-order chi connectivity index (χ1) is 13.5. The molecule has 0 fully saturated rings. The van der Waals surface area contributed by atoms with Crippen molar-refractivity contribution in [3.63, 3.8) is 0 Å². The van der Waals surface area contributed by atoms with Crippen LogP contribution < -0.4 is 11.0 Å². The first kappa shape index (κ1) is 19.4. The van der Waals surface area contributed by atoms with Gasteiger partial charge in [-0.1, -0.05) is 13.8 Å². The molecule has 0 saturated heterocycles. The molecule has 6 nitrogen and oxygen atoms in total. The van der Waals surface area contributed by atoms with Gasteiger partial charge in [-0.25, -0.2) is 9.48 Å². The maximum Gasteiger partial charge on any atom is 0.345 e. The maximum absolute atomic E-state index is 12.8. The average molecular weight is 403 g/mol. The number of aryl methyl sites for hydroxylation is 3. The van der Waals surface area contributed by atoms with E-state index in [1.165, 1.54) is 23.3 Å². The predicted octanol–water partition coefficient (Wildman–Crippen LogP) is 3.17. The quantitative estimate of drug-likeness (QED) is 0.835. The Hall–Kier alpha value is -1.89. The molecule has 2 aromatic rings. The highest BCUT2D eigenvalue weighted by molar-refractivity contribution is 7.10. The molecule has 1 atom stereocenters. The Morgan fingerprint density at radius 1 is 1.29 bits per heavy atom. The first-order valence-corrected chi connectivity index (χ1v) is 11.5. The molecule has 1 aliphatic heterocycles. The zero-order chi connectivity index (χ0) is 19.7. The lowest BCUT2D eigenvalue weighted by atomic mass is 9.95. The second-order valence-corrected chi connectivity index (χ2v) is 9.48. The highest BCUT2D eigenvalue weighted by Gasteiger charge is 2.25. The number of hydrogen-bond donors (Lipinski definition) is 1. The van der Waals surface area contributed by atoms with Crippen LogP contribution in [0.4, 0.5) is 0 Å². The molecule has 3 heterocycles. The fourth-order valence-corrected chi connectivity index (χ4v) is 5.37. The van der Waals surface area contributed by atoms with Gasteiger partial charge in [-0.2, -0.15) is 5.10 Å². The number of carbonyl (C=O) groups excluding carboxylic acids is 1. The highest BCUT2D eigenvalue weighted by Crippen LogP contribution is 2.30. The maximum atomic E-state index is 12.8. The van der Waals surface area contributed by atoms with E-state index in [0.717, 1.165) is 49.9 Å². The van der Waals surface area contributed by atoms with Gasteiger partial charge < -0.3 is 5.32 Å². The molecule has 0 bridgehead atoms. The molecule has 0 radical (unpaired) electrons. The summed E-state index contributed by atoms with van der Waals surface area (Å²) in [5.74, 6) is 1.47. The van der Waals surface area contributed by atoms with Crippen molar-refractivity contribution in [2.24, 2.45) is 5.92 Å². The third-order valence-electron chi connectivity index (χ3n) is 5.98. The summed E-state index contributed by atoms with van der Waals surface area (Å²) in [5, 5.41) is 9.82. The number of hydrogen-bond acceptors (Lipinski definition) is 4. The minimum Gasteiger partial charge on any atom is -0.349 e. The van der Waals surface area contributed by atoms with Gasteiger partial charge >= 0.3 is 5.69 Å². The number of fused-ring (bicyclic) bond motifs is 2. The number of thiophene rings is 1. The molecule has 1 aliphatic carbocycles. The Labute approximate surface area is 170 Å². The van der Waals surface area contributed by atoms with Crippen LogP contribution in [0.25, 0.3) is 0 Å². The SMILES string of the molecule is CC(C)CCn1nc2n(c1=O)CCC(NC(=O)c1csc3c1CCCC3)CC2. The Balaban J connectivity index is 1.40. The van der Waals surface area contributed by atoms with Crippen molar-refractivity contribution in [1.29, 1.82) is 0 Å². The van der Waals surface area contributed by atoms with Gasteiger partial charge in [0, 0.05) is 35.8 Å². The van der Waals surface area contributed by atoms with Crippen LogP contribution in [0, 0.1) is 5.92 Å². The molecule has 4 rings (SSSR count). The number of carbonyl (C=O) groups is 1. The van der Waals surface area contributed by atoms with Crippen LogP contribution in [-0.2, 0) is 32.4 Å². The molecule has 152 valence electrons. The minimum atomic E-state index is -0.00506. The smallest absolute Gasteiger partial charge is 0.345 e. The number of nitrogens with zero attached hydrogens (tertiary/aromatic N) is 3. The third-order valence-corrected chi connectivity index (χ3v) is 7.07. The van der Waals surface area contributed by atoms with E-state index in [0.29, 0.717) is 19.0 Å². The van der Waals surface area contributed by atoms with E-state index < -0.39 is 0 Å². The average Bonchev–Trinajstić information content (AvgIpc) is 3.17. The zero-order valence-electron chi connectivity index (χ0n) is 16.9. The lowest BCUT2D eigenvalue weighted by Gasteiger charge is -2.17. The van der Waals surface area contributed by atoms with Crippen molar-refractivity contribution in [2.45, 2.75) is 84.3 Å². The molecule has 28 heavy (non-hydrogen) atoms. The summed E-state index contributed by atoms with van der Waals surface area (Å²) in [5.41, 5.74) is 2.13. The van der Waals surface area contributed by atoms with Crippen LogP contribution in [0.1, 0.15) is 72.6 Å². The number of aromatic nitrogens is 3. The van der Waals surface area contributed by atoms with Crippen molar-refractivity contribution in [3.8, 4) is 0 Å². The summed E-state index contributed by atoms with van der Waals surface area (Å²) in [6, 6.07) is 0.0943. The largest absolute Gasteiger partial charge is 0.349 e. The lowest BCUT2D eigenvalue weighted by molar-refractivity contribution is 0.0932. The summed E-state index contributed by atoms with van der Waals surface area (Å²) in [4.78, 5) is 26.9. The van der Waals surface area contributed by atoms with Crippen molar-refractivity contribution < 1.29 is 4.79 Å². The number of nitrogens with one attached hydrogen (secondary N) is 1. The molecule has 0 saturated carbocycles. The van der Waals surface area contributed by atoms with Crippen LogP contribution >= 0.6 is 11.3 Å². The topological polar surface area (TPSA) is 68.9 Å². The second-order valence-electron chi connectivity index (χ2n) is 8.51. The highest BCUT2D eigenvalue weighted by atomic mass is 32.1. The molecular formula is C21H30N4O2S. The molecule has 1 N–H and O–H groups in total. The minimum absolute atomic E-state index is 0.00506. The molecule has 2 aromatic heterocycles. The third kappa shape index (κ3) is 3.95. The van der Waals surface area contributed by atoms with Gasteiger partial charge in [0.15, 0.2) is 0 Å². The van der Waals surface area contributed by atoms with Gasteiger partial charge in [0.2, 0.25) is 0 Å². The fraction of sp³-hybridized carbons (Fsp3) is 0.667. The van der Waals surface area contributed by atoms with Gasteiger partial charge in [0.05, 0.1) is 5.56 Å². The fourth-order valence-electron chi connectivity index (χ4n) is 4.25. The van der Waals surface area contributed by atoms with Gasteiger partial charge in [-0.05, 0) is 56.4 Å². The van der Waals surface area contributed by atoms with Crippen LogP contribution in [0.2, 0.25) is 0 Å². The van der Waals surface area contributed by atoms with Crippen LogP contribution in [0.15, 0.2) is 10.2 Å². The van der Waals surface area contributed by atoms with Crippen molar-refractivity contribution >= 4 is 17.2 Å². The van der Waals surface area contributed by atoms with E-state index in [4.69, 9.17) is 0 Å². The standard InChI is InChI=1S/C21H30N4O2S/c1-14(2)9-12-25-21(27)24-11-10-15(7-8-19(24)23-25)22-20(26)17-13-28-18-6-4-3-5-16(17)18/h13-15H,3-12H2,1-2H3,(H,22,26). The van der Waals surface area contributed by atoms with Gasteiger partial charge in [0.1, 0.15) is 5.82 Å². The van der Waals surface area contributed by atoms with Gasteiger partial charge in [-0.3, -0.25) is 9.36 Å². The van der Waals surface area contributed by atoms with Crippen LogP contribution in [0.5, 0.6) is 0 Å². The van der Waals surface area contributed by atoms with Gasteiger partial charge in [-0.15, -0.1) is 11.3 Å². The normalized spacial score (nSPS) is 19.2. The summed E-state index contributed by atoms with van der Waals surface area (Å²) in [7, 11) is 0. The zero-order valence-corrected chi connectivity index (χ0v) is 17.7. The molecule has 0 spiro atoms. The number of amides is 1. The van der Waals surface area contributed by atoms with E-state index in [1.54, 1.807) is 20.6 Å². The van der Waals surface area contributed by atoms with Crippen LogP contribution in [0.3, 0.4) is 0 Å². The van der Waals surface area contributed by atoms with E-state index in [1.807, 2.05) is 5.38 Å². The van der Waals surface area contributed by atoms with Crippen molar-refractivity contribution in [2.75, 3.05) is 0 Å². The Bertz CT molecular complexity index is 908.